The topological polar surface area (TPSA) is 12.0 Å². The molecule has 19 heavy (non-hydrogen) atoms. The van der Waals surface area contributed by atoms with Crippen LogP contribution >= 0.6 is 27.5 Å². The van der Waals surface area contributed by atoms with Crippen molar-refractivity contribution in [3.63, 3.8) is 0 Å². The summed E-state index contributed by atoms with van der Waals surface area (Å²) in [6.45, 7) is 2.10. The van der Waals surface area contributed by atoms with Gasteiger partial charge in [-0.1, -0.05) is 63.4 Å². The lowest BCUT2D eigenvalue weighted by molar-refractivity contribution is 0.592. The van der Waals surface area contributed by atoms with Crippen molar-refractivity contribution in [2.24, 2.45) is 0 Å². The summed E-state index contributed by atoms with van der Waals surface area (Å²) >= 11 is 9.72. The summed E-state index contributed by atoms with van der Waals surface area (Å²) in [6, 6.07) is 14.9. The zero-order valence-electron chi connectivity index (χ0n) is 11.1. The molecule has 0 aliphatic carbocycles. The SMILES string of the molecule is CNC(Cc1ccc(Br)cc1Cl)c1ccc(C)cc1. The summed E-state index contributed by atoms with van der Waals surface area (Å²) in [5.74, 6) is 0. The van der Waals surface area contributed by atoms with Gasteiger partial charge in [-0.2, -0.15) is 0 Å². The number of rotatable bonds is 4. The lowest BCUT2D eigenvalue weighted by atomic mass is 9.98. The van der Waals surface area contributed by atoms with E-state index in [9.17, 15) is 0 Å². The average Bonchev–Trinajstić information content (AvgIpc) is 2.39. The molecule has 0 bridgehead atoms. The quantitative estimate of drug-likeness (QED) is 0.835. The van der Waals surface area contributed by atoms with Crippen LogP contribution in [0.2, 0.25) is 5.02 Å². The molecule has 2 rings (SSSR count). The van der Waals surface area contributed by atoms with Gasteiger partial charge in [-0.3, -0.25) is 0 Å². The summed E-state index contributed by atoms with van der Waals surface area (Å²) in [4.78, 5) is 0. The average molecular weight is 339 g/mol. The van der Waals surface area contributed by atoms with E-state index < -0.39 is 0 Å². The molecular weight excluding hydrogens is 322 g/mol. The molecule has 1 N–H and O–H groups in total. The first-order valence-corrected chi connectivity index (χ1v) is 7.45. The van der Waals surface area contributed by atoms with Gasteiger partial charge in [-0.25, -0.2) is 0 Å². The van der Waals surface area contributed by atoms with Crippen molar-refractivity contribution in [2.75, 3.05) is 7.05 Å². The van der Waals surface area contributed by atoms with Gasteiger partial charge in [-0.05, 0) is 43.7 Å². The predicted molar refractivity (Wildman–Crippen MR) is 85.8 cm³/mol. The highest BCUT2D eigenvalue weighted by Gasteiger charge is 2.12. The van der Waals surface area contributed by atoms with Gasteiger partial charge < -0.3 is 5.32 Å². The van der Waals surface area contributed by atoms with Crippen molar-refractivity contribution in [1.29, 1.82) is 0 Å². The number of hydrogen-bond donors (Lipinski definition) is 1. The van der Waals surface area contributed by atoms with Crippen molar-refractivity contribution in [3.8, 4) is 0 Å². The van der Waals surface area contributed by atoms with E-state index in [0.717, 1.165) is 21.5 Å². The van der Waals surface area contributed by atoms with E-state index in [2.05, 4.69) is 58.5 Å². The summed E-state index contributed by atoms with van der Waals surface area (Å²) in [6.07, 6.45) is 0.881. The molecule has 0 aromatic heterocycles. The number of aryl methyl sites for hydroxylation is 1. The summed E-state index contributed by atoms with van der Waals surface area (Å²) in [7, 11) is 1.98. The maximum absolute atomic E-state index is 6.29. The monoisotopic (exact) mass is 337 g/mol. The molecule has 1 nitrogen and oxygen atoms in total. The van der Waals surface area contributed by atoms with E-state index >= 15 is 0 Å². The molecule has 0 saturated heterocycles. The second kappa shape index (κ2) is 6.56. The van der Waals surface area contributed by atoms with E-state index in [1.54, 1.807) is 0 Å². The third-order valence-corrected chi connectivity index (χ3v) is 4.11. The zero-order valence-corrected chi connectivity index (χ0v) is 13.4. The van der Waals surface area contributed by atoms with E-state index in [1.807, 2.05) is 19.2 Å². The first-order chi connectivity index (χ1) is 9.10. The molecule has 0 radical (unpaired) electrons. The van der Waals surface area contributed by atoms with E-state index in [0.29, 0.717) is 0 Å². The Labute approximate surface area is 128 Å². The molecule has 3 heteroatoms. The molecule has 0 spiro atoms. The molecule has 0 aliphatic rings. The van der Waals surface area contributed by atoms with Crippen LogP contribution in [0.15, 0.2) is 46.9 Å². The Kier molecular flexibility index (Phi) is 5.03. The second-order valence-corrected chi connectivity index (χ2v) is 6.01. The lowest BCUT2D eigenvalue weighted by Gasteiger charge is -2.18. The Balaban J connectivity index is 2.21. The Hall–Kier alpha value is -0.830. The van der Waals surface area contributed by atoms with Gasteiger partial charge in [0.15, 0.2) is 0 Å². The Bertz CT molecular complexity index is 551. The molecule has 0 amide bonds. The number of nitrogens with one attached hydrogen (secondary N) is 1. The fourth-order valence-corrected chi connectivity index (χ4v) is 2.84. The fraction of sp³-hybridized carbons (Fsp3) is 0.250. The third kappa shape index (κ3) is 3.82. The Morgan fingerprint density at radius 1 is 1.16 bits per heavy atom. The highest BCUT2D eigenvalue weighted by Crippen LogP contribution is 2.26. The first-order valence-electron chi connectivity index (χ1n) is 6.28. The lowest BCUT2D eigenvalue weighted by Crippen LogP contribution is -2.19. The Morgan fingerprint density at radius 2 is 1.84 bits per heavy atom. The standard InChI is InChI=1S/C16H17BrClN/c1-11-3-5-12(6-4-11)16(19-2)9-13-7-8-14(17)10-15(13)18/h3-8,10,16,19H,9H2,1-2H3. The number of likely N-dealkylation sites (N-methyl/N-ethyl adjacent to an activating group) is 1. The normalized spacial score (nSPS) is 12.4. The highest BCUT2D eigenvalue weighted by atomic mass is 79.9. The first kappa shape index (κ1) is 14.6. The van der Waals surface area contributed by atoms with Crippen molar-refractivity contribution in [1.82, 2.24) is 5.32 Å². The molecular formula is C16H17BrClN. The van der Waals surface area contributed by atoms with Crippen LogP contribution in [0, 0.1) is 6.92 Å². The largest absolute Gasteiger partial charge is 0.313 e. The zero-order chi connectivity index (χ0) is 13.8. The minimum Gasteiger partial charge on any atom is -0.313 e. The summed E-state index contributed by atoms with van der Waals surface area (Å²) in [5.41, 5.74) is 3.72. The third-order valence-electron chi connectivity index (χ3n) is 3.27. The van der Waals surface area contributed by atoms with Crippen molar-refractivity contribution in [3.05, 3.63) is 68.7 Å². The molecule has 1 unspecified atom stereocenters. The van der Waals surface area contributed by atoms with Crippen LogP contribution in [0.3, 0.4) is 0 Å². The van der Waals surface area contributed by atoms with Crippen molar-refractivity contribution >= 4 is 27.5 Å². The molecule has 2 aromatic carbocycles. The maximum atomic E-state index is 6.29. The highest BCUT2D eigenvalue weighted by molar-refractivity contribution is 9.10. The number of hydrogen-bond acceptors (Lipinski definition) is 1. The molecule has 1 atom stereocenters. The van der Waals surface area contributed by atoms with Gasteiger partial charge in [0.25, 0.3) is 0 Å². The smallest absolute Gasteiger partial charge is 0.0449 e. The minimum atomic E-state index is 0.277. The van der Waals surface area contributed by atoms with Crippen molar-refractivity contribution < 1.29 is 0 Å². The van der Waals surface area contributed by atoms with E-state index in [1.165, 1.54) is 11.1 Å². The summed E-state index contributed by atoms with van der Waals surface area (Å²) in [5, 5.41) is 4.16. The molecule has 0 aliphatic heterocycles. The van der Waals surface area contributed by atoms with Crippen LogP contribution in [-0.2, 0) is 6.42 Å². The number of benzene rings is 2. The van der Waals surface area contributed by atoms with Crippen LogP contribution in [0.1, 0.15) is 22.7 Å². The molecule has 0 saturated carbocycles. The van der Waals surface area contributed by atoms with Crippen LogP contribution in [-0.4, -0.2) is 7.05 Å². The van der Waals surface area contributed by atoms with Crippen LogP contribution in [0.25, 0.3) is 0 Å². The summed E-state index contributed by atoms with van der Waals surface area (Å²) < 4.78 is 1.01. The predicted octanol–water partition coefficient (Wildman–Crippen LogP) is 4.91. The van der Waals surface area contributed by atoms with E-state index in [-0.39, 0.29) is 6.04 Å². The van der Waals surface area contributed by atoms with E-state index in [4.69, 9.17) is 11.6 Å². The maximum Gasteiger partial charge on any atom is 0.0449 e. The molecule has 100 valence electrons. The number of halogens is 2. The van der Waals surface area contributed by atoms with Gasteiger partial charge in [0.1, 0.15) is 0 Å². The minimum absolute atomic E-state index is 0.277. The Morgan fingerprint density at radius 3 is 2.42 bits per heavy atom. The van der Waals surface area contributed by atoms with Crippen LogP contribution < -0.4 is 5.32 Å². The molecule has 0 fully saturated rings. The van der Waals surface area contributed by atoms with Crippen molar-refractivity contribution in [2.45, 2.75) is 19.4 Å². The fourth-order valence-electron chi connectivity index (χ4n) is 2.09. The van der Waals surface area contributed by atoms with Crippen LogP contribution in [0.4, 0.5) is 0 Å². The second-order valence-electron chi connectivity index (χ2n) is 4.69. The van der Waals surface area contributed by atoms with Crippen LogP contribution in [0.5, 0.6) is 0 Å². The van der Waals surface area contributed by atoms with Gasteiger partial charge in [0.2, 0.25) is 0 Å². The van der Waals surface area contributed by atoms with Gasteiger partial charge in [0.05, 0.1) is 0 Å². The van der Waals surface area contributed by atoms with Gasteiger partial charge in [0, 0.05) is 15.5 Å². The van der Waals surface area contributed by atoms with Gasteiger partial charge in [-0.15, -0.1) is 0 Å². The van der Waals surface area contributed by atoms with Gasteiger partial charge >= 0.3 is 0 Å². The molecule has 2 aromatic rings. The molecule has 0 heterocycles.